The van der Waals surface area contributed by atoms with Crippen LogP contribution in [0.15, 0.2) is 30.5 Å². The fourth-order valence-electron chi connectivity index (χ4n) is 1.30. The number of rotatable bonds is 3. The number of anilines is 2. The van der Waals surface area contributed by atoms with Crippen molar-refractivity contribution < 1.29 is 18.3 Å². The quantitative estimate of drug-likeness (QED) is 0.901. The topological polar surface area (TPSA) is 45.2 Å². The summed E-state index contributed by atoms with van der Waals surface area (Å²) in [7, 11) is 0. The van der Waals surface area contributed by atoms with Gasteiger partial charge in [0.25, 0.3) is 0 Å². The summed E-state index contributed by atoms with van der Waals surface area (Å²) in [5, 5.41) is 12.3. The first-order valence-corrected chi connectivity index (χ1v) is 5.80. The molecule has 7 heteroatoms. The third-order valence-electron chi connectivity index (χ3n) is 2.17. The monoisotopic (exact) mass is 274 g/mol. The Labute approximate surface area is 105 Å². The van der Waals surface area contributed by atoms with E-state index in [-0.39, 0.29) is 6.61 Å². The number of nitrogens with zero attached hydrogens (tertiary/aromatic N) is 1. The summed E-state index contributed by atoms with van der Waals surface area (Å²) in [5.41, 5.74) is -0.176. The van der Waals surface area contributed by atoms with E-state index in [1.165, 1.54) is 29.7 Å². The van der Waals surface area contributed by atoms with Crippen molar-refractivity contribution in [2.45, 2.75) is 12.8 Å². The zero-order chi connectivity index (χ0) is 13.2. The molecule has 0 saturated carbocycles. The SMILES string of the molecule is OCc1cnc(Nc2ccc(C(F)(F)F)cc2)s1. The Bertz CT molecular complexity index is 522. The van der Waals surface area contributed by atoms with E-state index in [1.54, 1.807) is 0 Å². The molecule has 3 nitrogen and oxygen atoms in total. The molecule has 0 fully saturated rings. The summed E-state index contributed by atoms with van der Waals surface area (Å²) in [6.07, 6.45) is -2.82. The van der Waals surface area contributed by atoms with Gasteiger partial charge in [-0.05, 0) is 24.3 Å². The number of halogens is 3. The van der Waals surface area contributed by atoms with Crippen molar-refractivity contribution in [3.8, 4) is 0 Å². The van der Waals surface area contributed by atoms with Gasteiger partial charge in [-0.2, -0.15) is 13.2 Å². The number of hydrogen-bond acceptors (Lipinski definition) is 4. The second-order valence-corrected chi connectivity index (χ2v) is 4.61. The molecule has 0 unspecified atom stereocenters. The van der Waals surface area contributed by atoms with E-state index in [4.69, 9.17) is 5.11 Å². The molecule has 0 bridgehead atoms. The Kier molecular flexibility index (Phi) is 3.53. The Balaban J connectivity index is 2.11. The molecule has 2 rings (SSSR count). The normalized spacial score (nSPS) is 11.6. The van der Waals surface area contributed by atoms with Crippen LogP contribution in [0.4, 0.5) is 24.0 Å². The Morgan fingerprint density at radius 1 is 1.22 bits per heavy atom. The Morgan fingerprint density at radius 3 is 2.39 bits per heavy atom. The molecular weight excluding hydrogens is 265 g/mol. The molecule has 1 aromatic carbocycles. The van der Waals surface area contributed by atoms with Crippen LogP contribution in [0, 0.1) is 0 Å². The first kappa shape index (κ1) is 12.8. The molecule has 0 aliphatic carbocycles. The molecule has 0 aliphatic heterocycles. The van der Waals surface area contributed by atoms with E-state index in [0.717, 1.165) is 12.1 Å². The lowest BCUT2D eigenvalue weighted by atomic mass is 10.2. The minimum atomic E-state index is -4.33. The first-order chi connectivity index (χ1) is 8.49. The summed E-state index contributed by atoms with van der Waals surface area (Å²) in [6, 6.07) is 4.68. The van der Waals surface area contributed by atoms with Crippen molar-refractivity contribution in [2.24, 2.45) is 0 Å². The molecule has 0 saturated heterocycles. The van der Waals surface area contributed by atoms with E-state index in [1.807, 2.05) is 0 Å². The molecule has 18 heavy (non-hydrogen) atoms. The average molecular weight is 274 g/mol. The number of benzene rings is 1. The lowest BCUT2D eigenvalue weighted by Crippen LogP contribution is -2.04. The van der Waals surface area contributed by atoms with Crippen LogP contribution in [0.5, 0.6) is 0 Å². The van der Waals surface area contributed by atoms with Gasteiger partial charge in [-0.3, -0.25) is 0 Å². The highest BCUT2D eigenvalue weighted by molar-refractivity contribution is 7.15. The Morgan fingerprint density at radius 2 is 1.89 bits per heavy atom. The van der Waals surface area contributed by atoms with Crippen molar-refractivity contribution >= 4 is 22.2 Å². The highest BCUT2D eigenvalue weighted by Gasteiger charge is 2.29. The number of aliphatic hydroxyl groups excluding tert-OH is 1. The maximum atomic E-state index is 12.3. The van der Waals surface area contributed by atoms with E-state index in [0.29, 0.717) is 15.7 Å². The molecule has 2 aromatic rings. The van der Waals surface area contributed by atoms with E-state index in [9.17, 15) is 13.2 Å². The van der Waals surface area contributed by atoms with Gasteiger partial charge in [0.2, 0.25) is 0 Å². The van der Waals surface area contributed by atoms with E-state index >= 15 is 0 Å². The fraction of sp³-hybridized carbons (Fsp3) is 0.182. The van der Waals surface area contributed by atoms with Crippen LogP contribution >= 0.6 is 11.3 Å². The van der Waals surface area contributed by atoms with Gasteiger partial charge >= 0.3 is 6.18 Å². The van der Waals surface area contributed by atoms with E-state index in [2.05, 4.69) is 10.3 Å². The molecule has 0 amide bonds. The molecule has 0 spiro atoms. The number of hydrogen-bond donors (Lipinski definition) is 2. The lowest BCUT2D eigenvalue weighted by molar-refractivity contribution is -0.137. The summed E-state index contributed by atoms with van der Waals surface area (Å²) in [5.74, 6) is 0. The van der Waals surface area contributed by atoms with Crippen LogP contribution < -0.4 is 5.32 Å². The number of nitrogens with one attached hydrogen (secondary N) is 1. The third-order valence-corrected chi connectivity index (χ3v) is 3.07. The van der Waals surface area contributed by atoms with Gasteiger partial charge in [-0.15, -0.1) is 0 Å². The number of aliphatic hydroxyl groups is 1. The molecule has 1 heterocycles. The van der Waals surface area contributed by atoms with Crippen molar-refractivity contribution in [1.29, 1.82) is 0 Å². The number of aromatic nitrogens is 1. The molecule has 2 N–H and O–H groups in total. The van der Waals surface area contributed by atoms with Crippen molar-refractivity contribution in [3.63, 3.8) is 0 Å². The van der Waals surface area contributed by atoms with Gasteiger partial charge in [0.1, 0.15) is 0 Å². The minimum Gasteiger partial charge on any atom is -0.391 e. The second-order valence-electron chi connectivity index (χ2n) is 3.49. The van der Waals surface area contributed by atoms with Gasteiger partial charge in [0.15, 0.2) is 5.13 Å². The molecule has 1 aromatic heterocycles. The maximum Gasteiger partial charge on any atom is 0.416 e. The van der Waals surface area contributed by atoms with Crippen LogP contribution in [0.3, 0.4) is 0 Å². The highest BCUT2D eigenvalue weighted by atomic mass is 32.1. The van der Waals surface area contributed by atoms with Crippen molar-refractivity contribution in [2.75, 3.05) is 5.32 Å². The average Bonchev–Trinajstić information content (AvgIpc) is 2.76. The Hall–Kier alpha value is -1.60. The van der Waals surface area contributed by atoms with Gasteiger partial charge < -0.3 is 10.4 Å². The van der Waals surface area contributed by atoms with Crippen LogP contribution in [-0.2, 0) is 12.8 Å². The van der Waals surface area contributed by atoms with Crippen LogP contribution in [0.2, 0.25) is 0 Å². The van der Waals surface area contributed by atoms with Crippen LogP contribution in [-0.4, -0.2) is 10.1 Å². The summed E-state index contributed by atoms with van der Waals surface area (Å²) in [6.45, 7) is -0.105. The second kappa shape index (κ2) is 4.95. The predicted molar refractivity (Wildman–Crippen MR) is 62.8 cm³/mol. The molecule has 0 aliphatic rings. The van der Waals surface area contributed by atoms with Gasteiger partial charge in [0.05, 0.1) is 17.0 Å². The first-order valence-electron chi connectivity index (χ1n) is 4.99. The lowest BCUT2D eigenvalue weighted by Gasteiger charge is -2.07. The molecule has 0 atom stereocenters. The molecule has 96 valence electrons. The molecule has 0 radical (unpaired) electrons. The standard InChI is InChI=1S/C11H9F3N2OS/c12-11(13,14)7-1-3-8(4-2-7)16-10-15-5-9(6-17)18-10/h1-5,17H,6H2,(H,15,16). The summed E-state index contributed by atoms with van der Waals surface area (Å²) in [4.78, 5) is 4.66. The third kappa shape index (κ3) is 2.99. The largest absolute Gasteiger partial charge is 0.416 e. The highest BCUT2D eigenvalue weighted by Crippen LogP contribution is 2.30. The number of thiazole rings is 1. The van der Waals surface area contributed by atoms with Crippen LogP contribution in [0.1, 0.15) is 10.4 Å². The molecular formula is C11H9F3N2OS. The van der Waals surface area contributed by atoms with Gasteiger partial charge in [0, 0.05) is 11.9 Å². The van der Waals surface area contributed by atoms with Crippen molar-refractivity contribution in [1.82, 2.24) is 4.98 Å². The summed E-state index contributed by atoms with van der Waals surface area (Å²) < 4.78 is 37.0. The maximum absolute atomic E-state index is 12.3. The fourth-order valence-corrected chi connectivity index (χ4v) is 2.00. The van der Waals surface area contributed by atoms with Gasteiger partial charge in [-0.25, -0.2) is 4.98 Å². The summed E-state index contributed by atoms with van der Waals surface area (Å²) >= 11 is 1.24. The zero-order valence-corrected chi connectivity index (χ0v) is 9.85. The zero-order valence-electron chi connectivity index (χ0n) is 9.03. The number of alkyl halides is 3. The minimum absolute atomic E-state index is 0.105. The van der Waals surface area contributed by atoms with E-state index < -0.39 is 11.7 Å². The smallest absolute Gasteiger partial charge is 0.391 e. The predicted octanol–water partition coefficient (Wildman–Crippen LogP) is 3.40. The van der Waals surface area contributed by atoms with Gasteiger partial charge in [-0.1, -0.05) is 11.3 Å². The van der Waals surface area contributed by atoms with Crippen molar-refractivity contribution in [3.05, 3.63) is 40.9 Å². The van der Waals surface area contributed by atoms with Crippen LogP contribution in [0.25, 0.3) is 0 Å².